The fourth-order valence-corrected chi connectivity index (χ4v) is 4.84. The Kier molecular flexibility index (Phi) is 4.30. The van der Waals surface area contributed by atoms with Crippen molar-refractivity contribution < 1.29 is 9.48 Å². The van der Waals surface area contributed by atoms with Crippen molar-refractivity contribution in [2.75, 3.05) is 0 Å². The Morgan fingerprint density at radius 3 is 2.50 bits per heavy atom. The van der Waals surface area contributed by atoms with Crippen LogP contribution < -0.4 is 10.7 Å². The largest absolute Gasteiger partial charge is 0.353 e. The molecule has 24 heavy (non-hydrogen) atoms. The minimum atomic E-state index is 0.0829. The Bertz CT molecular complexity index is 632. The van der Waals surface area contributed by atoms with E-state index >= 15 is 0 Å². The summed E-state index contributed by atoms with van der Waals surface area (Å²) < 4.78 is 2.51. The van der Waals surface area contributed by atoms with Crippen LogP contribution in [0.3, 0.4) is 0 Å². The maximum atomic E-state index is 11.6. The van der Waals surface area contributed by atoms with E-state index in [0.717, 1.165) is 19.3 Å². The van der Waals surface area contributed by atoms with Crippen molar-refractivity contribution >= 4 is 11.6 Å². The highest BCUT2D eigenvalue weighted by Gasteiger charge is 2.42. The number of hydrazine groups is 1. The highest BCUT2D eigenvalue weighted by molar-refractivity contribution is 5.82. The van der Waals surface area contributed by atoms with Crippen molar-refractivity contribution in [2.45, 2.75) is 75.9 Å². The molecule has 1 amide bonds. The molecular weight excluding hydrogens is 298 g/mol. The van der Waals surface area contributed by atoms with Gasteiger partial charge in [-0.05, 0) is 24.8 Å². The van der Waals surface area contributed by atoms with Crippen molar-refractivity contribution in [3.8, 4) is 0 Å². The van der Waals surface area contributed by atoms with E-state index < -0.39 is 0 Å². The van der Waals surface area contributed by atoms with Gasteiger partial charge in [0.1, 0.15) is 0 Å². The molecule has 128 valence electrons. The molecule has 4 heteroatoms. The number of nitrogens with one attached hydrogen (secondary N) is 2. The molecule has 1 aromatic carbocycles. The van der Waals surface area contributed by atoms with Crippen molar-refractivity contribution in [3.63, 3.8) is 0 Å². The minimum Gasteiger partial charge on any atom is -0.353 e. The lowest BCUT2D eigenvalue weighted by Gasteiger charge is -2.38. The molecule has 4 nitrogen and oxygen atoms in total. The first-order chi connectivity index (χ1) is 11.7. The monoisotopic (exact) mass is 326 g/mol. The third-order valence-corrected chi connectivity index (χ3v) is 6.03. The lowest BCUT2D eigenvalue weighted by Crippen LogP contribution is -2.57. The summed E-state index contributed by atoms with van der Waals surface area (Å²) in [5.41, 5.74) is 6.64. The molecule has 2 atom stereocenters. The van der Waals surface area contributed by atoms with E-state index in [1.165, 1.54) is 31.2 Å². The zero-order valence-electron chi connectivity index (χ0n) is 14.5. The van der Waals surface area contributed by atoms with Crippen LogP contribution in [-0.2, 0) is 4.79 Å². The number of nitrogens with zero attached hydrogens (tertiary/aromatic N) is 1. The molecule has 2 N–H and O–H groups in total. The Hall–Kier alpha value is -1.84. The second kappa shape index (κ2) is 6.58. The number of rotatable bonds is 2. The number of fused-ring (bicyclic) bond motifs is 3. The summed E-state index contributed by atoms with van der Waals surface area (Å²) in [4.78, 5) is 11.6. The van der Waals surface area contributed by atoms with Gasteiger partial charge in [0, 0.05) is 44.6 Å². The van der Waals surface area contributed by atoms with Crippen molar-refractivity contribution in [2.24, 2.45) is 0 Å². The van der Waals surface area contributed by atoms with Crippen LogP contribution >= 0.6 is 0 Å². The standard InChI is InChI=1S/C20H27N3O/c1-14(24)21-20-12-11-18(13-19(20)15-5-3-2-4-6-15)23-17-9-7-16(22-23)8-10-17/h2-6,16-17,19-20,22H,7-13H2,1H3/p+1/b23-18+/t16?,17?,19-,20+/m1/s1. The molecule has 0 aromatic heterocycles. The van der Waals surface area contributed by atoms with Gasteiger partial charge in [0.15, 0.2) is 11.8 Å². The van der Waals surface area contributed by atoms with Crippen molar-refractivity contribution in [1.82, 2.24) is 10.7 Å². The highest BCUT2D eigenvalue weighted by atomic mass is 16.1. The van der Waals surface area contributed by atoms with Crippen LogP contribution in [0.25, 0.3) is 0 Å². The summed E-state index contributed by atoms with van der Waals surface area (Å²) in [5, 5.41) is 3.20. The van der Waals surface area contributed by atoms with Crippen LogP contribution in [0, 0.1) is 0 Å². The minimum absolute atomic E-state index is 0.0829. The SMILES string of the molecule is CC(=O)N[C@H]1CC/C(=[N+]2\NC3CCC2CC3)C[C@@H]1c1ccccc1. The van der Waals surface area contributed by atoms with E-state index in [9.17, 15) is 4.79 Å². The van der Waals surface area contributed by atoms with Gasteiger partial charge in [-0.1, -0.05) is 30.3 Å². The number of hydrazone groups is 1. The third-order valence-electron chi connectivity index (χ3n) is 6.03. The Morgan fingerprint density at radius 1 is 1.12 bits per heavy atom. The zero-order valence-corrected chi connectivity index (χ0v) is 14.5. The second-order valence-electron chi connectivity index (χ2n) is 7.64. The molecule has 2 aliphatic carbocycles. The summed E-state index contributed by atoms with van der Waals surface area (Å²) >= 11 is 0. The zero-order chi connectivity index (χ0) is 16.5. The lowest BCUT2D eigenvalue weighted by atomic mass is 9.78. The summed E-state index contributed by atoms with van der Waals surface area (Å²) in [6.45, 7) is 1.63. The van der Waals surface area contributed by atoms with Crippen molar-refractivity contribution in [3.05, 3.63) is 35.9 Å². The molecule has 2 saturated carbocycles. The maximum Gasteiger partial charge on any atom is 0.217 e. The van der Waals surface area contributed by atoms with E-state index in [-0.39, 0.29) is 11.9 Å². The number of hydrogen-bond acceptors (Lipinski definition) is 2. The van der Waals surface area contributed by atoms with Gasteiger partial charge in [0.2, 0.25) is 5.91 Å². The van der Waals surface area contributed by atoms with Crippen LogP contribution in [-0.4, -0.2) is 34.4 Å². The van der Waals surface area contributed by atoms with Crippen molar-refractivity contribution in [1.29, 1.82) is 0 Å². The highest BCUT2D eigenvalue weighted by Crippen LogP contribution is 2.34. The Balaban J connectivity index is 1.61. The fraction of sp³-hybridized carbons (Fsp3) is 0.600. The number of carbonyl (C=O) groups is 1. The Morgan fingerprint density at radius 2 is 1.88 bits per heavy atom. The van der Waals surface area contributed by atoms with Gasteiger partial charge in [-0.15, -0.1) is 4.68 Å². The predicted octanol–water partition coefficient (Wildman–Crippen LogP) is 2.74. The number of amides is 1. The first-order valence-electron chi connectivity index (χ1n) is 9.43. The predicted molar refractivity (Wildman–Crippen MR) is 95.1 cm³/mol. The first kappa shape index (κ1) is 15.7. The molecule has 2 heterocycles. The number of benzene rings is 1. The molecule has 4 aliphatic rings. The van der Waals surface area contributed by atoms with E-state index in [1.54, 1.807) is 12.6 Å². The maximum absolute atomic E-state index is 11.6. The molecular formula is C20H28N3O+. The van der Waals surface area contributed by atoms with Crippen LogP contribution in [0.2, 0.25) is 0 Å². The van der Waals surface area contributed by atoms with E-state index in [4.69, 9.17) is 0 Å². The molecule has 4 fully saturated rings. The quantitative estimate of drug-likeness (QED) is 0.821. The fourth-order valence-electron chi connectivity index (χ4n) is 4.84. The molecule has 2 saturated heterocycles. The molecule has 1 aromatic rings. The summed E-state index contributed by atoms with van der Waals surface area (Å²) in [7, 11) is 0. The molecule has 2 bridgehead atoms. The topological polar surface area (TPSA) is 44.1 Å². The normalized spacial score (nSPS) is 35.4. The average molecular weight is 326 g/mol. The van der Waals surface area contributed by atoms with E-state index in [2.05, 4.69) is 45.8 Å². The van der Waals surface area contributed by atoms with Crippen LogP contribution in [0.4, 0.5) is 0 Å². The molecule has 2 aliphatic heterocycles. The van der Waals surface area contributed by atoms with Gasteiger partial charge >= 0.3 is 0 Å². The molecule has 0 unspecified atom stereocenters. The van der Waals surface area contributed by atoms with Gasteiger partial charge < -0.3 is 5.32 Å². The van der Waals surface area contributed by atoms with Crippen LogP contribution in [0.15, 0.2) is 30.3 Å². The van der Waals surface area contributed by atoms with Gasteiger partial charge in [0.05, 0.1) is 6.04 Å². The second-order valence-corrected chi connectivity index (χ2v) is 7.64. The van der Waals surface area contributed by atoms with E-state index in [1.807, 2.05) is 0 Å². The summed E-state index contributed by atoms with van der Waals surface area (Å²) in [6, 6.07) is 12.3. The smallest absolute Gasteiger partial charge is 0.217 e. The lowest BCUT2D eigenvalue weighted by molar-refractivity contribution is -0.651. The van der Waals surface area contributed by atoms with Crippen LogP contribution in [0.5, 0.6) is 0 Å². The molecule has 0 spiro atoms. The Labute approximate surface area is 144 Å². The molecule has 5 rings (SSSR count). The van der Waals surface area contributed by atoms with Gasteiger partial charge in [-0.25, -0.2) is 0 Å². The van der Waals surface area contributed by atoms with E-state index in [0.29, 0.717) is 18.0 Å². The average Bonchev–Trinajstić information content (AvgIpc) is 2.63. The van der Waals surface area contributed by atoms with Gasteiger partial charge in [-0.3, -0.25) is 4.79 Å². The third kappa shape index (κ3) is 3.06. The van der Waals surface area contributed by atoms with Crippen LogP contribution in [0.1, 0.15) is 63.4 Å². The molecule has 0 radical (unpaired) electrons. The summed E-state index contributed by atoms with van der Waals surface area (Å²) in [6.07, 6.45) is 8.47. The first-order valence-corrected chi connectivity index (χ1v) is 9.43. The van der Waals surface area contributed by atoms with Gasteiger partial charge in [0.25, 0.3) is 0 Å². The van der Waals surface area contributed by atoms with Gasteiger partial charge in [-0.2, -0.15) is 5.43 Å². The summed E-state index contributed by atoms with van der Waals surface area (Å²) in [5.74, 6) is 0.459. The number of carbonyl (C=O) groups excluding carboxylic acids is 1. The number of hydrogen-bond donors (Lipinski definition) is 2.